The molecule has 0 saturated heterocycles. The molecule has 0 atom stereocenters. The zero-order valence-corrected chi connectivity index (χ0v) is 8.89. The Labute approximate surface area is 85.5 Å². The number of nitrogen functional groups attached to an aromatic ring is 1. The number of halogens is 1. The van der Waals surface area contributed by atoms with E-state index in [0.29, 0.717) is 17.9 Å². The van der Waals surface area contributed by atoms with Crippen LogP contribution in [0.5, 0.6) is 5.75 Å². The first kappa shape index (κ1) is 10.1. The summed E-state index contributed by atoms with van der Waals surface area (Å²) in [6.07, 6.45) is 0. The summed E-state index contributed by atoms with van der Waals surface area (Å²) in [7, 11) is 0. The highest BCUT2D eigenvalue weighted by Crippen LogP contribution is 2.25. The van der Waals surface area contributed by atoms with Crippen LogP contribution < -0.4 is 10.5 Å². The van der Waals surface area contributed by atoms with Crippen LogP contribution >= 0.6 is 15.9 Å². The van der Waals surface area contributed by atoms with E-state index in [1.54, 1.807) is 6.07 Å². The van der Waals surface area contributed by atoms with Gasteiger partial charge in [-0.1, -0.05) is 6.07 Å². The van der Waals surface area contributed by atoms with Gasteiger partial charge in [0.2, 0.25) is 0 Å². The highest BCUT2D eigenvalue weighted by atomic mass is 79.9. The van der Waals surface area contributed by atoms with Crippen LogP contribution in [0.15, 0.2) is 22.7 Å². The van der Waals surface area contributed by atoms with Crippen molar-refractivity contribution in [2.24, 2.45) is 5.73 Å². The molecule has 0 spiro atoms. The van der Waals surface area contributed by atoms with Crippen molar-refractivity contribution < 1.29 is 4.74 Å². The summed E-state index contributed by atoms with van der Waals surface area (Å²) in [5.74, 6) is 0.653. The van der Waals surface area contributed by atoms with Crippen LogP contribution in [0.4, 0.5) is 0 Å². The maximum Gasteiger partial charge on any atom is 0.131 e. The van der Waals surface area contributed by atoms with Crippen molar-refractivity contribution in [3.63, 3.8) is 0 Å². The molecule has 0 bridgehead atoms. The summed E-state index contributed by atoms with van der Waals surface area (Å²) in [4.78, 5) is 0. The number of benzene rings is 1. The summed E-state index contributed by atoms with van der Waals surface area (Å²) in [5.41, 5.74) is 6.03. The van der Waals surface area contributed by atoms with Crippen molar-refractivity contribution in [1.29, 1.82) is 5.41 Å². The Morgan fingerprint density at radius 3 is 2.85 bits per heavy atom. The number of hydrogen-bond acceptors (Lipinski definition) is 2. The molecule has 0 aliphatic rings. The fourth-order valence-corrected chi connectivity index (χ4v) is 1.60. The molecule has 0 unspecified atom stereocenters. The van der Waals surface area contributed by atoms with Gasteiger partial charge in [0.15, 0.2) is 0 Å². The second-order valence-electron chi connectivity index (χ2n) is 2.46. The van der Waals surface area contributed by atoms with Gasteiger partial charge in [0.1, 0.15) is 11.6 Å². The molecule has 1 aromatic carbocycles. The number of amidine groups is 1. The van der Waals surface area contributed by atoms with Crippen LogP contribution in [0.25, 0.3) is 0 Å². The topological polar surface area (TPSA) is 59.1 Å². The Bertz CT molecular complexity index is 325. The second kappa shape index (κ2) is 4.28. The van der Waals surface area contributed by atoms with Crippen LogP contribution in [0.2, 0.25) is 0 Å². The standard InChI is InChI=1S/C9H11BrN2O/c1-2-13-7-5-3-4-6(10)8(7)9(11)12/h3-5H,2H2,1H3,(H3,11,12). The molecule has 3 nitrogen and oxygen atoms in total. The normalized spacial score (nSPS) is 9.69. The number of nitrogens with two attached hydrogens (primary N) is 1. The van der Waals surface area contributed by atoms with Gasteiger partial charge in [-0.25, -0.2) is 0 Å². The van der Waals surface area contributed by atoms with E-state index in [1.807, 2.05) is 19.1 Å². The van der Waals surface area contributed by atoms with E-state index in [4.69, 9.17) is 15.9 Å². The minimum Gasteiger partial charge on any atom is -0.493 e. The first-order valence-corrected chi connectivity index (χ1v) is 4.71. The van der Waals surface area contributed by atoms with Gasteiger partial charge >= 0.3 is 0 Å². The van der Waals surface area contributed by atoms with Gasteiger partial charge in [-0.3, -0.25) is 5.41 Å². The molecule has 0 amide bonds. The van der Waals surface area contributed by atoms with Crippen molar-refractivity contribution in [2.45, 2.75) is 6.92 Å². The third kappa shape index (κ3) is 2.21. The number of rotatable bonds is 3. The van der Waals surface area contributed by atoms with Gasteiger partial charge in [-0.2, -0.15) is 0 Å². The molecule has 0 heterocycles. The van der Waals surface area contributed by atoms with E-state index in [-0.39, 0.29) is 5.84 Å². The summed E-state index contributed by atoms with van der Waals surface area (Å²) in [5, 5.41) is 7.36. The van der Waals surface area contributed by atoms with Crippen molar-refractivity contribution >= 4 is 21.8 Å². The molecule has 1 rings (SSSR count). The van der Waals surface area contributed by atoms with Crippen LogP contribution in [0.1, 0.15) is 12.5 Å². The third-order valence-corrected chi connectivity index (χ3v) is 2.21. The predicted molar refractivity (Wildman–Crippen MR) is 56.3 cm³/mol. The Kier molecular flexibility index (Phi) is 3.31. The lowest BCUT2D eigenvalue weighted by molar-refractivity contribution is 0.339. The third-order valence-electron chi connectivity index (χ3n) is 1.54. The first-order valence-electron chi connectivity index (χ1n) is 3.92. The van der Waals surface area contributed by atoms with E-state index in [9.17, 15) is 0 Å². The molecule has 0 aliphatic heterocycles. The second-order valence-corrected chi connectivity index (χ2v) is 3.31. The molecule has 13 heavy (non-hydrogen) atoms. The summed E-state index contributed by atoms with van der Waals surface area (Å²) >= 11 is 3.32. The molecule has 70 valence electrons. The van der Waals surface area contributed by atoms with Crippen molar-refractivity contribution in [2.75, 3.05) is 6.61 Å². The molecule has 3 N–H and O–H groups in total. The van der Waals surface area contributed by atoms with E-state index in [1.165, 1.54) is 0 Å². The predicted octanol–water partition coefficient (Wildman–Crippen LogP) is 2.13. The highest BCUT2D eigenvalue weighted by Gasteiger charge is 2.09. The molecule has 4 heteroatoms. The first-order chi connectivity index (χ1) is 6.16. The zero-order chi connectivity index (χ0) is 9.84. The number of ether oxygens (including phenoxy) is 1. The van der Waals surface area contributed by atoms with E-state index in [0.717, 1.165) is 4.47 Å². The average Bonchev–Trinajstić information content (AvgIpc) is 2.04. The monoisotopic (exact) mass is 242 g/mol. The van der Waals surface area contributed by atoms with Gasteiger partial charge in [0.25, 0.3) is 0 Å². The largest absolute Gasteiger partial charge is 0.493 e. The summed E-state index contributed by atoms with van der Waals surface area (Å²) < 4.78 is 6.11. The molecule has 0 fully saturated rings. The fourth-order valence-electron chi connectivity index (χ4n) is 1.04. The van der Waals surface area contributed by atoms with Crippen molar-refractivity contribution in [3.8, 4) is 5.75 Å². The van der Waals surface area contributed by atoms with Crippen LogP contribution in [-0.2, 0) is 0 Å². The van der Waals surface area contributed by atoms with Gasteiger partial charge < -0.3 is 10.5 Å². The molecular weight excluding hydrogens is 232 g/mol. The van der Waals surface area contributed by atoms with E-state index >= 15 is 0 Å². The number of nitrogens with one attached hydrogen (secondary N) is 1. The molecule has 0 aromatic heterocycles. The Morgan fingerprint density at radius 2 is 2.31 bits per heavy atom. The maximum absolute atomic E-state index is 7.36. The highest BCUT2D eigenvalue weighted by molar-refractivity contribution is 9.10. The lowest BCUT2D eigenvalue weighted by atomic mass is 10.2. The molecule has 0 aliphatic carbocycles. The lowest BCUT2D eigenvalue weighted by Gasteiger charge is -2.09. The summed E-state index contributed by atoms with van der Waals surface area (Å²) in [6.45, 7) is 2.46. The van der Waals surface area contributed by atoms with Crippen LogP contribution in [0, 0.1) is 5.41 Å². The van der Waals surface area contributed by atoms with Gasteiger partial charge in [0.05, 0.1) is 12.2 Å². The molecular formula is C9H11BrN2O. The Balaban J connectivity index is 3.17. The van der Waals surface area contributed by atoms with E-state index < -0.39 is 0 Å². The van der Waals surface area contributed by atoms with E-state index in [2.05, 4.69) is 15.9 Å². The average molecular weight is 243 g/mol. The SMILES string of the molecule is CCOc1cccc(Br)c1C(=N)N. The molecule has 0 saturated carbocycles. The Hall–Kier alpha value is -1.03. The van der Waals surface area contributed by atoms with Crippen molar-refractivity contribution in [3.05, 3.63) is 28.2 Å². The summed E-state index contributed by atoms with van der Waals surface area (Å²) in [6, 6.07) is 5.48. The van der Waals surface area contributed by atoms with Gasteiger partial charge in [-0.15, -0.1) is 0 Å². The van der Waals surface area contributed by atoms with Crippen LogP contribution in [0.3, 0.4) is 0 Å². The lowest BCUT2D eigenvalue weighted by Crippen LogP contribution is -2.13. The van der Waals surface area contributed by atoms with Gasteiger partial charge in [0, 0.05) is 4.47 Å². The quantitative estimate of drug-likeness (QED) is 0.631. The minimum absolute atomic E-state index is 0.0101. The zero-order valence-electron chi connectivity index (χ0n) is 7.30. The molecule has 0 radical (unpaired) electrons. The maximum atomic E-state index is 7.36. The van der Waals surface area contributed by atoms with Gasteiger partial charge in [-0.05, 0) is 35.0 Å². The number of hydrogen-bond donors (Lipinski definition) is 2. The Morgan fingerprint density at radius 1 is 1.62 bits per heavy atom. The smallest absolute Gasteiger partial charge is 0.131 e. The molecule has 1 aromatic rings. The fraction of sp³-hybridized carbons (Fsp3) is 0.222. The van der Waals surface area contributed by atoms with Crippen molar-refractivity contribution in [1.82, 2.24) is 0 Å². The minimum atomic E-state index is 0.0101. The van der Waals surface area contributed by atoms with Crippen LogP contribution in [-0.4, -0.2) is 12.4 Å².